The van der Waals surface area contributed by atoms with Crippen LogP contribution in [-0.4, -0.2) is 16.1 Å². The summed E-state index contributed by atoms with van der Waals surface area (Å²) in [6.07, 6.45) is 8.84. The van der Waals surface area contributed by atoms with Gasteiger partial charge in [-0.1, -0.05) is 95.3 Å². The van der Waals surface area contributed by atoms with E-state index in [1.165, 1.54) is 27.9 Å². The van der Waals surface area contributed by atoms with E-state index in [9.17, 15) is 0 Å². The molecule has 6 rings (SSSR count). The zero-order valence-corrected chi connectivity index (χ0v) is 24.4. The molecule has 204 valence electrons. The molecule has 0 radical (unpaired) electrons. The summed E-state index contributed by atoms with van der Waals surface area (Å²) in [5, 5.41) is 0. The molecule has 40 heavy (non-hydrogen) atoms. The lowest BCUT2D eigenvalue weighted by atomic mass is 9.54. The van der Waals surface area contributed by atoms with Crippen LogP contribution in [0.25, 0.3) is 11.1 Å². The number of hydrogen-bond acceptors (Lipinski definition) is 4. The maximum atomic E-state index is 4.97. The number of allylic oxidation sites excluding steroid dienone is 1. The Balaban J connectivity index is 1.66. The van der Waals surface area contributed by atoms with E-state index in [1.54, 1.807) is 0 Å². The van der Waals surface area contributed by atoms with E-state index in [0.29, 0.717) is 5.92 Å². The lowest BCUT2D eigenvalue weighted by molar-refractivity contribution is 0.120. The zero-order chi connectivity index (χ0) is 28.1. The van der Waals surface area contributed by atoms with Crippen molar-refractivity contribution in [1.82, 2.24) is 9.97 Å². The van der Waals surface area contributed by atoms with Crippen LogP contribution in [-0.2, 0) is 11.8 Å². The SMILES string of the molecule is C=CC1(CC)c2ccc(-c3ccccc3CC(C)C)cc2N2c3nccnc3N(c3ccccc3)C2C1(C)CC. The summed E-state index contributed by atoms with van der Waals surface area (Å²) in [6, 6.07) is 26.6. The first-order valence-electron chi connectivity index (χ1n) is 14.7. The third-order valence-corrected chi connectivity index (χ3v) is 9.56. The molecule has 0 saturated carbocycles. The summed E-state index contributed by atoms with van der Waals surface area (Å²) in [6.45, 7) is 16.1. The molecule has 0 aliphatic carbocycles. The first kappa shape index (κ1) is 26.3. The molecule has 3 aromatic carbocycles. The van der Waals surface area contributed by atoms with Crippen molar-refractivity contribution in [2.24, 2.45) is 11.3 Å². The van der Waals surface area contributed by atoms with Crippen LogP contribution in [0.5, 0.6) is 0 Å². The van der Waals surface area contributed by atoms with Crippen molar-refractivity contribution in [2.75, 3.05) is 9.80 Å². The molecule has 0 N–H and O–H groups in total. The number of anilines is 4. The fourth-order valence-electron chi connectivity index (χ4n) is 7.49. The van der Waals surface area contributed by atoms with Crippen molar-refractivity contribution in [2.45, 2.75) is 65.5 Å². The van der Waals surface area contributed by atoms with Gasteiger partial charge in [0.25, 0.3) is 0 Å². The van der Waals surface area contributed by atoms with Crippen molar-refractivity contribution in [3.05, 3.63) is 109 Å². The molecular weight excluding hydrogens is 488 g/mol. The van der Waals surface area contributed by atoms with Gasteiger partial charge in [-0.05, 0) is 65.6 Å². The maximum Gasteiger partial charge on any atom is 0.178 e. The van der Waals surface area contributed by atoms with E-state index in [2.05, 4.69) is 130 Å². The van der Waals surface area contributed by atoms with E-state index in [1.807, 2.05) is 12.4 Å². The summed E-state index contributed by atoms with van der Waals surface area (Å²) in [5.41, 5.74) is 7.19. The summed E-state index contributed by atoms with van der Waals surface area (Å²) in [5.74, 6) is 2.41. The van der Waals surface area contributed by atoms with Crippen LogP contribution in [0.2, 0.25) is 0 Å². The van der Waals surface area contributed by atoms with Crippen LogP contribution in [0.3, 0.4) is 0 Å². The summed E-state index contributed by atoms with van der Waals surface area (Å²) in [4.78, 5) is 14.8. The topological polar surface area (TPSA) is 32.3 Å². The molecule has 3 unspecified atom stereocenters. The predicted molar refractivity (Wildman–Crippen MR) is 168 cm³/mol. The quantitative estimate of drug-likeness (QED) is 0.224. The van der Waals surface area contributed by atoms with Crippen molar-refractivity contribution in [3.8, 4) is 11.1 Å². The number of para-hydroxylation sites is 1. The smallest absolute Gasteiger partial charge is 0.178 e. The Bertz CT molecular complexity index is 1540. The Morgan fingerprint density at radius 3 is 2.20 bits per heavy atom. The Morgan fingerprint density at radius 2 is 1.55 bits per heavy atom. The Hall–Kier alpha value is -3.92. The molecule has 3 heterocycles. The van der Waals surface area contributed by atoms with E-state index < -0.39 is 0 Å². The molecule has 2 aliphatic heterocycles. The first-order chi connectivity index (χ1) is 19.4. The fourth-order valence-corrected chi connectivity index (χ4v) is 7.49. The average Bonchev–Trinajstić information content (AvgIpc) is 3.34. The molecule has 4 nitrogen and oxygen atoms in total. The Kier molecular flexibility index (Phi) is 6.53. The van der Waals surface area contributed by atoms with Gasteiger partial charge in [0.05, 0.1) is 0 Å². The molecule has 1 aromatic heterocycles. The molecule has 2 aliphatic rings. The van der Waals surface area contributed by atoms with E-state index in [4.69, 9.17) is 9.97 Å². The first-order valence-corrected chi connectivity index (χ1v) is 14.7. The monoisotopic (exact) mass is 528 g/mol. The number of aromatic nitrogens is 2. The summed E-state index contributed by atoms with van der Waals surface area (Å²) >= 11 is 0. The molecular formula is C36H40N4. The summed E-state index contributed by atoms with van der Waals surface area (Å²) < 4.78 is 0. The molecule has 0 spiro atoms. The second-order valence-electron chi connectivity index (χ2n) is 11.9. The normalized spacial score (nSPS) is 23.1. The minimum atomic E-state index is -0.233. The average molecular weight is 529 g/mol. The van der Waals surface area contributed by atoms with Gasteiger partial charge in [0.1, 0.15) is 6.17 Å². The largest absolute Gasteiger partial charge is 0.301 e. The van der Waals surface area contributed by atoms with Crippen molar-refractivity contribution >= 4 is 23.0 Å². The maximum absolute atomic E-state index is 4.97. The Labute approximate surface area is 239 Å². The molecule has 0 bridgehead atoms. The van der Waals surface area contributed by atoms with Crippen molar-refractivity contribution in [1.29, 1.82) is 0 Å². The second-order valence-corrected chi connectivity index (χ2v) is 11.9. The van der Waals surface area contributed by atoms with E-state index in [-0.39, 0.29) is 17.0 Å². The van der Waals surface area contributed by atoms with Gasteiger partial charge in [0, 0.05) is 34.6 Å². The fraction of sp³-hybridized carbons (Fsp3) is 0.333. The molecule has 0 amide bonds. The number of hydrogen-bond donors (Lipinski definition) is 0. The standard InChI is InChI=1S/C36H40N4/c1-7-35(6)34-39(28-16-11-10-12-17-28)32-33(38-22-21-37-32)40(34)31-24-27(19-20-30(31)36(35,8-2)9-3)29-18-14-13-15-26(29)23-25(4)5/h8,10-22,24-25,34H,2,7,9,23H2,1,3-6H3. The summed E-state index contributed by atoms with van der Waals surface area (Å²) in [7, 11) is 0. The minimum Gasteiger partial charge on any atom is -0.301 e. The van der Waals surface area contributed by atoms with Gasteiger partial charge >= 0.3 is 0 Å². The number of benzene rings is 3. The predicted octanol–water partition coefficient (Wildman–Crippen LogP) is 9.22. The van der Waals surface area contributed by atoms with Gasteiger partial charge in [-0.2, -0.15) is 0 Å². The van der Waals surface area contributed by atoms with Crippen molar-refractivity contribution < 1.29 is 0 Å². The van der Waals surface area contributed by atoms with Gasteiger partial charge in [-0.15, -0.1) is 6.58 Å². The van der Waals surface area contributed by atoms with Gasteiger partial charge in [-0.25, -0.2) is 9.97 Å². The number of rotatable bonds is 7. The third kappa shape index (κ3) is 3.65. The zero-order valence-electron chi connectivity index (χ0n) is 24.4. The second kappa shape index (κ2) is 9.92. The highest BCUT2D eigenvalue weighted by molar-refractivity contribution is 5.88. The van der Waals surface area contributed by atoms with Crippen LogP contribution >= 0.6 is 0 Å². The number of fused-ring (bicyclic) bond motifs is 5. The van der Waals surface area contributed by atoms with Crippen LogP contribution in [0.4, 0.5) is 23.0 Å². The van der Waals surface area contributed by atoms with Crippen molar-refractivity contribution in [3.63, 3.8) is 0 Å². The molecule has 4 aromatic rings. The highest BCUT2D eigenvalue weighted by atomic mass is 15.5. The highest BCUT2D eigenvalue weighted by Gasteiger charge is 2.62. The van der Waals surface area contributed by atoms with Gasteiger partial charge < -0.3 is 9.80 Å². The molecule has 4 heteroatoms. The van der Waals surface area contributed by atoms with Gasteiger partial charge in [-0.3, -0.25) is 0 Å². The molecule has 0 saturated heterocycles. The van der Waals surface area contributed by atoms with Crippen LogP contribution < -0.4 is 9.80 Å². The van der Waals surface area contributed by atoms with Gasteiger partial charge in [0.2, 0.25) is 0 Å². The highest BCUT2D eigenvalue weighted by Crippen LogP contribution is 2.64. The van der Waals surface area contributed by atoms with E-state index in [0.717, 1.165) is 36.6 Å². The van der Waals surface area contributed by atoms with E-state index >= 15 is 0 Å². The number of nitrogens with zero attached hydrogens (tertiary/aromatic N) is 4. The Morgan fingerprint density at radius 1 is 0.875 bits per heavy atom. The third-order valence-electron chi connectivity index (χ3n) is 9.56. The lowest BCUT2D eigenvalue weighted by Gasteiger charge is -2.59. The van der Waals surface area contributed by atoms with Crippen LogP contribution in [0.1, 0.15) is 58.6 Å². The van der Waals surface area contributed by atoms with Gasteiger partial charge in [0.15, 0.2) is 11.6 Å². The van der Waals surface area contributed by atoms with Crippen LogP contribution in [0, 0.1) is 11.3 Å². The minimum absolute atomic E-state index is 0.0103. The molecule has 3 atom stereocenters. The lowest BCUT2D eigenvalue weighted by Crippen LogP contribution is -2.62. The molecule has 0 fully saturated rings. The van der Waals surface area contributed by atoms with Crippen LogP contribution in [0.15, 0.2) is 97.8 Å².